The summed E-state index contributed by atoms with van der Waals surface area (Å²) in [5, 5.41) is 54.2. The van der Waals surface area contributed by atoms with Crippen LogP contribution in [0.15, 0.2) is 18.3 Å². The van der Waals surface area contributed by atoms with E-state index in [1.807, 2.05) is 46.7 Å². The van der Waals surface area contributed by atoms with Gasteiger partial charge >= 0.3 is 5.97 Å². The highest BCUT2D eigenvalue weighted by Gasteiger charge is 2.58. The average Bonchev–Trinajstić information content (AvgIpc) is 3.18. The summed E-state index contributed by atoms with van der Waals surface area (Å²) in [6.07, 6.45) is -4.61. The fourth-order valence-electron chi connectivity index (χ4n) is 10.1. The van der Waals surface area contributed by atoms with Gasteiger partial charge in [0.05, 0.1) is 42.1 Å². The Morgan fingerprint density at radius 2 is 1.70 bits per heavy atom. The maximum atomic E-state index is 14.5. The Kier molecular flexibility index (Phi) is 17.6. The van der Waals surface area contributed by atoms with Gasteiger partial charge in [-0.3, -0.25) is 9.78 Å². The van der Waals surface area contributed by atoms with E-state index in [0.717, 1.165) is 0 Å². The monoisotopic (exact) mass is 868 g/mol. The van der Waals surface area contributed by atoms with Crippen molar-refractivity contribution in [1.82, 2.24) is 20.5 Å². The number of nitrogen functional groups attached to an aromatic ring is 1. The van der Waals surface area contributed by atoms with E-state index in [1.54, 1.807) is 39.1 Å². The van der Waals surface area contributed by atoms with E-state index in [4.69, 9.17) is 34.2 Å². The van der Waals surface area contributed by atoms with E-state index < -0.39 is 95.1 Å². The van der Waals surface area contributed by atoms with Crippen molar-refractivity contribution in [2.24, 2.45) is 23.2 Å². The Morgan fingerprint density at radius 3 is 2.31 bits per heavy atom. The second-order valence-corrected chi connectivity index (χ2v) is 19.8. The quantitative estimate of drug-likeness (QED) is 0.159. The second kappa shape index (κ2) is 20.8. The highest BCUT2D eigenvalue weighted by atomic mass is 16.7. The molecule has 0 bridgehead atoms. The zero-order chi connectivity index (χ0) is 45.8. The molecule has 0 unspecified atom stereocenters. The smallest absolute Gasteiger partial charge is 0.311 e. The minimum absolute atomic E-state index is 0.0772. The number of likely N-dealkylation sites (N-methyl/N-ethyl adjacent to an activating group) is 1. The Labute approximate surface area is 364 Å². The lowest BCUT2D eigenvalue weighted by atomic mass is 9.72. The standard InChI is InChI=1S/C45H81N5O11/c1-15-34-44(11,54)38(52)25(2)22-49-26(3)20-42(8,9)39(61-41-36(51)33(50(12)13)18-27(4)57-41)28(5)37(29(6)40(53)59-34)60-35-21-43(10,56-14)45(55,30(7)58-35)24-47-23-32-19-31(46)16-17-48-32/h16-17,19,25-30,33-39,41,47,49,51-52,54-55H,15,18,20-24H2,1-14H3,(H2,46,48)/t25-,26+,27+,28-,29+,30-,33-,34+,35+,36+,37+,38+,39+,41-,43-,44+,45+/m0/s1. The highest BCUT2D eigenvalue weighted by molar-refractivity contribution is 5.73. The van der Waals surface area contributed by atoms with Gasteiger partial charge in [0.15, 0.2) is 12.6 Å². The van der Waals surface area contributed by atoms with Gasteiger partial charge in [0.25, 0.3) is 0 Å². The molecule has 1 aromatic rings. The molecule has 8 N–H and O–H groups in total. The third kappa shape index (κ3) is 11.8. The molecule has 0 radical (unpaired) electrons. The maximum absolute atomic E-state index is 14.5. The first-order valence-electron chi connectivity index (χ1n) is 22.3. The number of hydrogen-bond acceptors (Lipinski definition) is 16. The average molecular weight is 868 g/mol. The summed E-state index contributed by atoms with van der Waals surface area (Å²) in [4.78, 5) is 20.8. The van der Waals surface area contributed by atoms with E-state index in [2.05, 4.69) is 36.4 Å². The van der Waals surface area contributed by atoms with Crippen LogP contribution in [0.2, 0.25) is 0 Å². The van der Waals surface area contributed by atoms with Crippen LogP contribution in [0.3, 0.4) is 0 Å². The summed E-state index contributed by atoms with van der Waals surface area (Å²) in [7, 11) is 5.39. The third-order valence-electron chi connectivity index (χ3n) is 14.0. The van der Waals surface area contributed by atoms with Crippen molar-refractivity contribution in [3.05, 3.63) is 24.0 Å². The molecule has 0 aromatic carbocycles. The number of anilines is 1. The Hall–Kier alpha value is -2.06. The molecule has 1 aromatic heterocycles. The molecule has 352 valence electrons. The minimum Gasteiger partial charge on any atom is -0.459 e. The SMILES string of the molecule is CC[C@H]1OC(=O)[C@H](C)[C@H](O[C@@H]2C[C@](C)(OC)[C@@](O)(CNCc3cc(N)ccn3)[C@H](C)O2)[C@H](C)[C@@H](O[C@@H]2O[C@H](C)C[C@H](N(C)C)[C@H]2O)C(C)(C)C[C@@H](C)NC[C@H](C)[C@@H](O)[C@]1(C)O. The van der Waals surface area contributed by atoms with Gasteiger partial charge in [0, 0.05) is 63.1 Å². The molecule has 0 saturated carbocycles. The summed E-state index contributed by atoms with van der Waals surface area (Å²) >= 11 is 0. The number of nitrogens with one attached hydrogen (secondary N) is 2. The molecule has 3 aliphatic heterocycles. The number of ether oxygens (including phenoxy) is 6. The maximum Gasteiger partial charge on any atom is 0.311 e. The van der Waals surface area contributed by atoms with E-state index in [0.29, 0.717) is 37.3 Å². The number of rotatable bonds is 11. The van der Waals surface area contributed by atoms with E-state index in [1.165, 1.54) is 14.0 Å². The normalized spacial score (nSPS) is 43.3. The number of aliphatic hydroxyl groups excluding tert-OH is 2. The number of aromatic nitrogens is 1. The zero-order valence-electron chi connectivity index (χ0n) is 39.4. The number of pyridine rings is 1. The fraction of sp³-hybridized carbons (Fsp3) is 0.867. The van der Waals surface area contributed by atoms with Gasteiger partial charge in [-0.1, -0.05) is 34.6 Å². The van der Waals surface area contributed by atoms with E-state index in [9.17, 15) is 25.2 Å². The topological polar surface area (TPSA) is 220 Å². The molecule has 16 nitrogen and oxygen atoms in total. The number of carbonyl (C=O) groups excluding carboxylic acids is 1. The highest BCUT2D eigenvalue weighted by Crippen LogP contribution is 2.44. The molecule has 0 spiro atoms. The number of cyclic esters (lactones) is 1. The molecule has 17 atom stereocenters. The lowest BCUT2D eigenvalue weighted by Crippen LogP contribution is -2.70. The van der Waals surface area contributed by atoms with Gasteiger partial charge in [-0.25, -0.2) is 0 Å². The van der Waals surface area contributed by atoms with Crippen molar-refractivity contribution in [2.45, 2.75) is 193 Å². The van der Waals surface area contributed by atoms with Crippen molar-refractivity contribution in [2.75, 3.05) is 40.0 Å². The predicted molar refractivity (Wildman–Crippen MR) is 232 cm³/mol. The van der Waals surface area contributed by atoms with Crippen LogP contribution in [0.4, 0.5) is 5.69 Å². The van der Waals surface area contributed by atoms with Crippen LogP contribution in [-0.4, -0.2) is 155 Å². The van der Waals surface area contributed by atoms with Gasteiger partial charge < -0.3 is 70.1 Å². The molecule has 0 amide bonds. The van der Waals surface area contributed by atoms with Gasteiger partial charge in [0.1, 0.15) is 29.0 Å². The van der Waals surface area contributed by atoms with Crippen molar-refractivity contribution < 1.29 is 53.6 Å². The third-order valence-corrected chi connectivity index (χ3v) is 14.0. The van der Waals surface area contributed by atoms with Crippen LogP contribution in [0.25, 0.3) is 0 Å². The first-order valence-corrected chi connectivity index (χ1v) is 22.3. The summed E-state index contributed by atoms with van der Waals surface area (Å²) < 4.78 is 39.1. The number of carbonyl (C=O) groups is 1. The first-order chi connectivity index (χ1) is 28.3. The van der Waals surface area contributed by atoms with Crippen LogP contribution in [0.5, 0.6) is 0 Å². The number of esters is 1. The Morgan fingerprint density at radius 1 is 1.03 bits per heavy atom. The Balaban J connectivity index is 1.76. The van der Waals surface area contributed by atoms with E-state index in [-0.39, 0.29) is 37.6 Å². The molecule has 4 rings (SSSR count). The number of hydrogen-bond donors (Lipinski definition) is 7. The summed E-state index contributed by atoms with van der Waals surface area (Å²) in [5.74, 6) is -2.54. The summed E-state index contributed by atoms with van der Waals surface area (Å²) in [6, 6.07) is 3.18. The Bertz CT molecular complexity index is 1560. The predicted octanol–water partition coefficient (Wildman–Crippen LogP) is 2.97. The molecular weight excluding hydrogens is 787 g/mol. The molecule has 3 aliphatic rings. The van der Waals surface area contributed by atoms with Crippen molar-refractivity contribution >= 4 is 11.7 Å². The molecule has 3 fully saturated rings. The number of nitrogens with zero attached hydrogens (tertiary/aromatic N) is 2. The molecule has 0 aliphatic carbocycles. The van der Waals surface area contributed by atoms with Gasteiger partial charge in [-0.05, 0) is 98.4 Å². The largest absolute Gasteiger partial charge is 0.459 e. The lowest BCUT2D eigenvalue weighted by Gasteiger charge is -2.54. The van der Waals surface area contributed by atoms with Crippen LogP contribution >= 0.6 is 0 Å². The number of nitrogens with two attached hydrogens (primary N) is 1. The van der Waals surface area contributed by atoms with Crippen LogP contribution in [0.1, 0.15) is 108 Å². The van der Waals surface area contributed by atoms with Crippen LogP contribution in [0, 0.1) is 23.2 Å². The van der Waals surface area contributed by atoms with E-state index >= 15 is 0 Å². The molecule has 61 heavy (non-hydrogen) atoms. The summed E-state index contributed by atoms with van der Waals surface area (Å²) in [5.41, 5.74) is 2.16. The number of aliphatic hydroxyl groups is 4. The van der Waals surface area contributed by atoms with Gasteiger partial charge in [-0.15, -0.1) is 0 Å². The van der Waals surface area contributed by atoms with Crippen molar-refractivity contribution in [1.29, 1.82) is 0 Å². The van der Waals surface area contributed by atoms with Crippen molar-refractivity contribution in [3.63, 3.8) is 0 Å². The lowest BCUT2D eigenvalue weighted by molar-refractivity contribution is -0.334. The molecular formula is C45H81N5O11. The van der Waals surface area contributed by atoms with Crippen LogP contribution in [-0.2, 0) is 39.8 Å². The van der Waals surface area contributed by atoms with Crippen molar-refractivity contribution in [3.8, 4) is 0 Å². The molecule has 3 saturated heterocycles. The number of methoxy groups -OCH3 is 1. The minimum atomic E-state index is -1.76. The molecule has 16 heteroatoms. The zero-order valence-corrected chi connectivity index (χ0v) is 39.4. The first kappa shape index (κ1) is 51.6. The van der Waals surface area contributed by atoms with Gasteiger partial charge in [-0.2, -0.15) is 0 Å². The summed E-state index contributed by atoms with van der Waals surface area (Å²) in [6.45, 7) is 21.5. The second-order valence-electron chi connectivity index (χ2n) is 19.8. The fourth-order valence-corrected chi connectivity index (χ4v) is 10.1. The van der Waals surface area contributed by atoms with Gasteiger partial charge in [0.2, 0.25) is 0 Å². The molecule has 4 heterocycles. The van der Waals surface area contributed by atoms with Crippen LogP contribution < -0.4 is 16.4 Å².